The van der Waals surface area contributed by atoms with Gasteiger partial charge in [-0.05, 0) is 37.1 Å². The summed E-state index contributed by atoms with van der Waals surface area (Å²) < 4.78 is 0. The summed E-state index contributed by atoms with van der Waals surface area (Å²) in [5, 5.41) is 3.05. The molecule has 0 heterocycles. The van der Waals surface area contributed by atoms with Gasteiger partial charge in [-0.2, -0.15) is 0 Å². The summed E-state index contributed by atoms with van der Waals surface area (Å²) in [5.41, 5.74) is 3.69. The van der Waals surface area contributed by atoms with Crippen LogP contribution in [0, 0.1) is 0 Å². The first-order valence-electron chi connectivity index (χ1n) is 8.19. The van der Waals surface area contributed by atoms with Gasteiger partial charge >= 0.3 is 0 Å². The van der Waals surface area contributed by atoms with Crippen LogP contribution >= 0.6 is 0 Å². The van der Waals surface area contributed by atoms with E-state index in [1.165, 1.54) is 11.1 Å². The van der Waals surface area contributed by atoms with Gasteiger partial charge in [-0.1, -0.05) is 61.5 Å². The summed E-state index contributed by atoms with van der Waals surface area (Å²) in [5.74, 6) is 0.0500. The monoisotopic (exact) mass is 310 g/mol. The van der Waals surface area contributed by atoms with Gasteiger partial charge in [0.15, 0.2) is 0 Å². The molecule has 0 aliphatic rings. The largest absolute Gasteiger partial charge is 0.348 e. The summed E-state index contributed by atoms with van der Waals surface area (Å²) in [6, 6.07) is 18.6. The number of nitrogens with one attached hydrogen (secondary N) is 1. The number of benzene rings is 2. The predicted molar refractivity (Wildman–Crippen MR) is 95.2 cm³/mol. The molecule has 0 aliphatic heterocycles. The molecule has 2 aromatic carbocycles. The lowest BCUT2D eigenvalue weighted by Gasteiger charge is -2.19. The van der Waals surface area contributed by atoms with E-state index in [9.17, 15) is 4.79 Å². The molecule has 0 saturated carbocycles. The minimum atomic E-state index is 0.0286. The van der Waals surface area contributed by atoms with Crippen molar-refractivity contribution >= 4 is 5.91 Å². The minimum absolute atomic E-state index is 0.0286. The number of carbonyl (C=O) groups excluding carboxylic acids is 1. The average Bonchev–Trinajstić information content (AvgIpc) is 2.56. The van der Waals surface area contributed by atoms with Crippen LogP contribution in [0.2, 0.25) is 0 Å². The molecule has 0 spiro atoms. The van der Waals surface area contributed by atoms with Gasteiger partial charge in [0.2, 0.25) is 5.91 Å². The molecule has 1 amide bonds. The van der Waals surface area contributed by atoms with E-state index in [4.69, 9.17) is 0 Å². The second-order valence-corrected chi connectivity index (χ2v) is 6.04. The molecular weight excluding hydrogens is 284 g/mol. The van der Waals surface area contributed by atoms with Crippen molar-refractivity contribution in [3.63, 3.8) is 0 Å². The van der Waals surface area contributed by atoms with E-state index < -0.39 is 0 Å². The van der Waals surface area contributed by atoms with Crippen molar-refractivity contribution < 1.29 is 4.79 Å². The summed E-state index contributed by atoms with van der Waals surface area (Å²) in [4.78, 5) is 14.2. The number of hydrogen-bond donors (Lipinski definition) is 1. The van der Waals surface area contributed by atoms with Gasteiger partial charge in [0.1, 0.15) is 0 Å². The average molecular weight is 310 g/mol. The van der Waals surface area contributed by atoms with Crippen molar-refractivity contribution in [3.05, 3.63) is 71.3 Å². The second kappa shape index (κ2) is 8.49. The Labute approximate surface area is 139 Å². The van der Waals surface area contributed by atoms with Crippen LogP contribution in [0.25, 0.3) is 0 Å². The third-order valence-electron chi connectivity index (χ3n) is 3.97. The summed E-state index contributed by atoms with van der Waals surface area (Å²) >= 11 is 0. The molecule has 0 aromatic heterocycles. The molecule has 122 valence electrons. The molecule has 0 fully saturated rings. The Bertz CT molecular complexity index is 607. The highest BCUT2D eigenvalue weighted by Crippen LogP contribution is 2.11. The highest BCUT2D eigenvalue weighted by Gasteiger charge is 2.11. The fourth-order valence-electron chi connectivity index (χ4n) is 2.61. The molecule has 3 nitrogen and oxygen atoms in total. The Morgan fingerprint density at radius 1 is 1.04 bits per heavy atom. The zero-order valence-corrected chi connectivity index (χ0v) is 14.3. The number of aryl methyl sites for hydroxylation is 1. The Morgan fingerprint density at radius 3 is 2.26 bits per heavy atom. The Hall–Kier alpha value is -2.13. The van der Waals surface area contributed by atoms with Crippen LogP contribution < -0.4 is 5.32 Å². The first-order chi connectivity index (χ1) is 11.1. The van der Waals surface area contributed by atoms with Crippen LogP contribution in [-0.2, 0) is 17.8 Å². The summed E-state index contributed by atoms with van der Waals surface area (Å²) in [6.07, 6.45) is 1.05. The van der Waals surface area contributed by atoms with Crippen LogP contribution in [-0.4, -0.2) is 24.4 Å². The molecule has 1 atom stereocenters. The van der Waals surface area contributed by atoms with Crippen molar-refractivity contribution in [3.8, 4) is 0 Å². The molecule has 1 N–H and O–H groups in total. The normalized spacial score (nSPS) is 12.2. The van der Waals surface area contributed by atoms with Gasteiger partial charge in [0.05, 0.1) is 12.6 Å². The molecule has 0 saturated heterocycles. The Morgan fingerprint density at radius 2 is 1.65 bits per heavy atom. The lowest BCUT2D eigenvalue weighted by Crippen LogP contribution is -2.36. The van der Waals surface area contributed by atoms with E-state index in [-0.39, 0.29) is 11.9 Å². The highest BCUT2D eigenvalue weighted by molar-refractivity contribution is 5.78. The fraction of sp³-hybridized carbons (Fsp3) is 0.350. The minimum Gasteiger partial charge on any atom is -0.348 e. The van der Waals surface area contributed by atoms with E-state index in [0.29, 0.717) is 6.54 Å². The van der Waals surface area contributed by atoms with Gasteiger partial charge in [-0.3, -0.25) is 9.69 Å². The first kappa shape index (κ1) is 17.2. The van der Waals surface area contributed by atoms with Gasteiger partial charge in [-0.25, -0.2) is 0 Å². The lowest BCUT2D eigenvalue weighted by molar-refractivity contribution is -0.122. The SMILES string of the molecule is CCc1ccc(CN(C)CC(=O)N[C@H](C)c2ccccc2)cc1. The second-order valence-electron chi connectivity index (χ2n) is 6.04. The van der Waals surface area contributed by atoms with Crippen LogP contribution in [0.15, 0.2) is 54.6 Å². The quantitative estimate of drug-likeness (QED) is 0.848. The maximum absolute atomic E-state index is 12.2. The summed E-state index contributed by atoms with van der Waals surface area (Å²) in [6.45, 7) is 5.33. The van der Waals surface area contributed by atoms with E-state index in [1.54, 1.807) is 0 Å². The molecular formula is C20H26N2O. The third kappa shape index (κ3) is 5.53. The molecule has 0 aliphatic carbocycles. The van der Waals surface area contributed by atoms with Crippen LogP contribution in [0.3, 0.4) is 0 Å². The summed E-state index contributed by atoms with van der Waals surface area (Å²) in [7, 11) is 1.97. The standard InChI is InChI=1S/C20H26N2O/c1-4-17-10-12-18(13-11-17)14-22(3)15-20(23)21-16(2)19-8-6-5-7-9-19/h5-13,16H,4,14-15H2,1-3H3,(H,21,23)/t16-/m1/s1. The van der Waals surface area contributed by atoms with Gasteiger partial charge in [0.25, 0.3) is 0 Å². The van der Waals surface area contributed by atoms with E-state index in [2.05, 4.69) is 36.5 Å². The molecule has 0 radical (unpaired) electrons. The highest BCUT2D eigenvalue weighted by atomic mass is 16.2. The lowest BCUT2D eigenvalue weighted by atomic mass is 10.1. The van der Waals surface area contributed by atoms with Crippen LogP contribution in [0.4, 0.5) is 0 Å². The maximum Gasteiger partial charge on any atom is 0.234 e. The van der Waals surface area contributed by atoms with Crippen LogP contribution in [0.5, 0.6) is 0 Å². The van der Waals surface area contributed by atoms with Crippen molar-refractivity contribution in [1.82, 2.24) is 10.2 Å². The number of carbonyl (C=O) groups is 1. The van der Waals surface area contributed by atoms with Gasteiger partial charge in [0, 0.05) is 6.54 Å². The zero-order valence-electron chi connectivity index (χ0n) is 14.3. The number of hydrogen-bond acceptors (Lipinski definition) is 2. The number of nitrogens with zero attached hydrogens (tertiary/aromatic N) is 1. The van der Waals surface area contributed by atoms with E-state index in [1.807, 2.05) is 49.2 Å². The first-order valence-corrected chi connectivity index (χ1v) is 8.19. The van der Waals surface area contributed by atoms with Gasteiger partial charge < -0.3 is 5.32 Å². The molecule has 0 bridgehead atoms. The zero-order chi connectivity index (χ0) is 16.7. The molecule has 2 aromatic rings. The van der Waals surface area contributed by atoms with E-state index >= 15 is 0 Å². The Kier molecular flexibility index (Phi) is 6.36. The maximum atomic E-state index is 12.2. The van der Waals surface area contributed by atoms with Crippen molar-refractivity contribution in [2.45, 2.75) is 32.9 Å². The Balaban J connectivity index is 1.82. The van der Waals surface area contributed by atoms with Crippen molar-refractivity contribution in [2.24, 2.45) is 0 Å². The van der Waals surface area contributed by atoms with Crippen molar-refractivity contribution in [1.29, 1.82) is 0 Å². The molecule has 23 heavy (non-hydrogen) atoms. The fourth-order valence-corrected chi connectivity index (χ4v) is 2.61. The van der Waals surface area contributed by atoms with E-state index in [0.717, 1.165) is 18.5 Å². The number of likely N-dealkylation sites (N-methyl/N-ethyl adjacent to an activating group) is 1. The molecule has 0 unspecified atom stereocenters. The van der Waals surface area contributed by atoms with Crippen LogP contribution in [0.1, 0.15) is 36.6 Å². The number of amides is 1. The smallest absolute Gasteiger partial charge is 0.234 e. The predicted octanol–water partition coefficient (Wildman–Crippen LogP) is 3.56. The van der Waals surface area contributed by atoms with Crippen molar-refractivity contribution in [2.75, 3.05) is 13.6 Å². The molecule has 3 heteroatoms. The van der Waals surface area contributed by atoms with Gasteiger partial charge in [-0.15, -0.1) is 0 Å². The number of rotatable bonds is 7. The molecule has 2 rings (SSSR count). The third-order valence-corrected chi connectivity index (χ3v) is 3.97. The topological polar surface area (TPSA) is 32.3 Å².